The van der Waals surface area contributed by atoms with Gasteiger partial charge in [0.15, 0.2) is 0 Å². The van der Waals surface area contributed by atoms with E-state index in [0.29, 0.717) is 19.0 Å². The highest BCUT2D eigenvalue weighted by Crippen LogP contribution is 2.23. The average Bonchev–Trinajstić information content (AvgIpc) is 3.12. The number of hydrogen-bond acceptors (Lipinski definition) is 4. The number of carbonyl (C=O) groups excluding carboxylic acids is 1. The van der Waals surface area contributed by atoms with Crippen LogP contribution < -0.4 is 5.32 Å². The smallest absolute Gasteiger partial charge is 0.240 e. The van der Waals surface area contributed by atoms with Gasteiger partial charge >= 0.3 is 0 Å². The Labute approximate surface area is 118 Å². The van der Waals surface area contributed by atoms with Gasteiger partial charge in [-0.1, -0.05) is 0 Å². The van der Waals surface area contributed by atoms with Crippen LogP contribution in [0.4, 0.5) is 0 Å². The van der Waals surface area contributed by atoms with Gasteiger partial charge in [-0.3, -0.25) is 10.1 Å². The summed E-state index contributed by atoms with van der Waals surface area (Å²) < 4.78 is 0. The zero-order valence-corrected chi connectivity index (χ0v) is 11.6. The molecule has 0 aliphatic carbocycles. The fourth-order valence-electron chi connectivity index (χ4n) is 3.30. The number of carbonyl (C=O) groups is 1. The second-order valence-electron chi connectivity index (χ2n) is 5.66. The summed E-state index contributed by atoms with van der Waals surface area (Å²) in [6.45, 7) is 1.73. The van der Waals surface area contributed by atoms with Crippen molar-refractivity contribution >= 4 is 5.91 Å². The molecule has 0 saturated carbocycles. The van der Waals surface area contributed by atoms with Crippen LogP contribution in [0.3, 0.4) is 0 Å². The highest BCUT2D eigenvalue weighted by Gasteiger charge is 2.34. The van der Waals surface area contributed by atoms with E-state index in [1.54, 1.807) is 6.33 Å². The Morgan fingerprint density at radius 1 is 1.55 bits per heavy atom. The van der Waals surface area contributed by atoms with Crippen molar-refractivity contribution in [3.63, 3.8) is 0 Å². The molecule has 110 valence electrons. The van der Waals surface area contributed by atoms with Crippen LogP contribution >= 0.6 is 0 Å². The Morgan fingerprint density at radius 2 is 2.45 bits per heavy atom. The number of aliphatic hydroxyl groups is 1. The number of hydrogen-bond donors (Lipinski definition) is 3. The Hall–Kier alpha value is -1.40. The highest BCUT2D eigenvalue weighted by atomic mass is 16.3. The van der Waals surface area contributed by atoms with Gasteiger partial charge in [0.2, 0.25) is 5.91 Å². The van der Waals surface area contributed by atoms with Crippen LogP contribution in [0, 0.1) is 0 Å². The predicted octanol–water partition coefficient (Wildman–Crippen LogP) is 0.188. The Kier molecular flexibility index (Phi) is 4.03. The number of aromatic amines is 1. The molecule has 6 nitrogen and oxygen atoms in total. The first-order valence-electron chi connectivity index (χ1n) is 7.45. The molecule has 0 spiro atoms. The number of fused-ring (bicyclic) bond motifs is 1. The van der Waals surface area contributed by atoms with Gasteiger partial charge in [0, 0.05) is 32.2 Å². The fraction of sp³-hybridized carbons (Fsp3) is 0.714. The Bertz CT molecular complexity index is 473. The summed E-state index contributed by atoms with van der Waals surface area (Å²) in [7, 11) is 0. The molecule has 2 unspecified atom stereocenters. The maximum atomic E-state index is 12.7. The van der Waals surface area contributed by atoms with E-state index in [9.17, 15) is 4.79 Å². The molecule has 3 heterocycles. The molecule has 1 aromatic rings. The quantitative estimate of drug-likeness (QED) is 0.734. The minimum absolute atomic E-state index is 0.152. The lowest BCUT2D eigenvalue weighted by atomic mass is 10.0. The third kappa shape index (κ3) is 2.58. The summed E-state index contributed by atoms with van der Waals surface area (Å²) in [6.07, 6.45) is 6.17. The van der Waals surface area contributed by atoms with E-state index in [0.717, 1.165) is 43.6 Å². The van der Waals surface area contributed by atoms with Crippen molar-refractivity contribution in [1.29, 1.82) is 0 Å². The lowest BCUT2D eigenvalue weighted by Crippen LogP contribution is -2.50. The van der Waals surface area contributed by atoms with Crippen LogP contribution in [0.25, 0.3) is 0 Å². The molecule has 1 fully saturated rings. The SMILES string of the molecule is O=C(C1Cc2nc[nH]c2CN1)N1CCCC1CCCO. The molecule has 3 N–H and O–H groups in total. The van der Waals surface area contributed by atoms with Crippen molar-refractivity contribution in [2.45, 2.75) is 50.7 Å². The van der Waals surface area contributed by atoms with Crippen LogP contribution in [-0.2, 0) is 17.8 Å². The summed E-state index contributed by atoms with van der Waals surface area (Å²) in [5.41, 5.74) is 2.10. The zero-order chi connectivity index (χ0) is 13.9. The number of nitrogens with zero attached hydrogens (tertiary/aromatic N) is 2. The summed E-state index contributed by atoms with van der Waals surface area (Å²) in [6, 6.07) is 0.151. The first-order chi connectivity index (χ1) is 9.79. The van der Waals surface area contributed by atoms with Crippen LogP contribution in [0.1, 0.15) is 37.1 Å². The molecule has 0 aromatic carbocycles. The van der Waals surface area contributed by atoms with E-state index in [4.69, 9.17) is 5.11 Å². The predicted molar refractivity (Wildman–Crippen MR) is 74.0 cm³/mol. The van der Waals surface area contributed by atoms with Crippen molar-refractivity contribution in [1.82, 2.24) is 20.2 Å². The number of imidazole rings is 1. The summed E-state index contributed by atoms with van der Waals surface area (Å²) >= 11 is 0. The van der Waals surface area contributed by atoms with Gasteiger partial charge in [0.25, 0.3) is 0 Å². The summed E-state index contributed by atoms with van der Waals surface area (Å²) in [5.74, 6) is 0.194. The molecular formula is C14H22N4O2. The maximum Gasteiger partial charge on any atom is 0.240 e. The van der Waals surface area contributed by atoms with Crippen molar-refractivity contribution in [2.75, 3.05) is 13.2 Å². The van der Waals surface area contributed by atoms with Gasteiger partial charge in [-0.25, -0.2) is 4.98 Å². The highest BCUT2D eigenvalue weighted by molar-refractivity contribution is 5.83. The summed E-state index contributed by atoms with van der Waals surface area (Å²) in [4.78, 5) is 22.1. The van der Waals surface area contributed by atoms with Gasteiger partial charge < -0.3 is 15.0 Å². The Balaban J connectivity index is 1.64. The second-order valence-corrected chi connectivity index (χ2v) is 5.66. The largest absolute Gasteiger partial charge is 0.396 e. The monoisotopic (exact) mass is 278 g/mol. The van der Waals surface area contributed by atoms with E-state index in [2.05, 4.69) is 15.3 Å². The van der Waals surface area contributed by atoms with Gasteiger partial charge in [-0.15, -0.1) is 0 Å². The van der Waals surface area contributed by atoms with Gasteiger partial charge in [-0.05, 0) is 25.7 Å². The van der Waals surface area contributed by atoms with Crippen molar-refractivity contribution in [3.05, 3.63) is 17.7 Å². The molecule has 0 bridgehead atoms. The van der Waals surface area contributed by atoms with Crippen LogP contribution in [-0.4, -0.2) is 51.1 Å². The van der Waals surface area contributed by atoms with Gasteiger partial charge in [0.05, 0.1) is 23.8 Å². The van der Waals surface area contributed by atoms with E-state index >= 15 is 0 Å². The number of aromatic nitrogens is 2. The second kappa shape index (κ2) is 5.93. The van der Waals surface area contributed by atoms with Crippen LogP contribution in [0.5, 0.6) is 0 Å². The van der Waals surface area contributed by atoms with Crippen molar-refractivity contribution in [3.8, 4) is 0 Å². The standard InChI is InChI=1S/C14H22N4O2/c19-6-2-4-10-3-1-5-18(10)14(20)12-7-11-13(8-15-12)17-9-16-11/h9-10,12,15,19H,1-8H2,(H,16,17). The molecule has 20 heavy (non-hydrogen) atoms. The number of aliphatic hydroxyl groups excluding tert-OH is 1. The number of likely N-dealkylation sites (tertiary alicyclic amines) is 1. The third-order valence-electron chi connectivity index (χ3n) is 4.38. The minimum atomic E-state index is -0.152. The minimum Gasteiger partial charge on any atom is -0.396 e. The molecule has 6 heteroatoms. The molecule has 1 saturated heterocycles. The van der Waals surface area contributed by atoms with Crippen LogP contribution in [0.2, 0.25) is 0 Å². The molecule has 3 rings (SSSR count). The Morgan fingerprint density at radius 3 is 3.30 bits per heavy atom. The normalized spacial score (nSPS) is 25.8. The first kappa shape index (κ1) is 13.6. The average molecular weight is 278 g/mol. The van der Waals surface area contributed by atoms with E-state index < -0.39 is 0 Å². The lowest BCUT2D eigenvalue weighted by molar-refractivity contribution is -0.134. The maximum absolute atomic E-state index is 12.7. The molecule has 2 atom stereocenters. The molecule has 2 aliphatic rings. The fourth-order valence-corrected chi connectivity index (χ4v) is 3.30. The number of amides is 1. The molecular weight excluding hydrogens is 256 g/mol. The zero-order valence-electron chi connectivity index (χ0n) is 11.6. The topological polar surface area (TPSA) is 81.2 Å². The van der Waals surface area contributed by atoms with E-state index in [-0.39, 0.29) is 18.6 Å². The molecule has 1 aromatic heterocycles. The molecule has 0 radical (unpaired) electrons. The van der Waals surface area contributed by atoms with E-state index in [1.165, 1.54) is 0 Å². The molecule has 1 amide bonds. The number of rotatable bonds is 4. The first-order valence-corrected chi connectivity index (χ1v) is 7.45. The summed E-state index contributed by atoms with van der Waals surface area (Å²) in [5, 5.41) is 12.3. The molecule has 2 aliphatic heterocycles. The number of nitrogens with one attached hydrogen (secondary N) is 2. The van der Waals surface area contributed by atoms with Crippen molar-refractivity contribution in [2.24, 2.45) is 0 Å². The van der Waals surface area contributed by atoms with Crippen LogP contribution in [0.15, 0.2) is 6.33 Å². The van der Waals surface area contributed by atoms with E-state index in [1.807, 2.05) is 4.90 Å². The third-order valence-corrected chi connectivity index (χ3v) is 4.38. The van der Waals surface area contributed by atoms with Gasteiger partial charge in [0.1, 0.15) is 0 Å². The lowest BCUT2D eigenvalue weighted by Gasteiger charge is -2.31. The van der Waals surface area contributed by atoms with Crippen molar-refractivity contribution < 1.29 is 9.90 Å². The van der Waals surface area contributed by atoms with Gasteiger partial charge in [-0.2, -0.15) is 0 Å². The number of H-pyrrole nitrogens is 1.